The number of hydrogen-bond donors (Lipinski definition) is 2. The highest BCUT2D eigenvalue weighted by Crippen LogP contribution is 2.34. The zero-order valence-corrected chi connectivity index (χ0v) is 14.1. The van der Waals surface area contributed by atoms with Crippen LogP contribution < -0.4 is 10.2 Å². The van der Waals surface area contributed by atoms with E-state index < -0.39 is 17.2 Å². The molecule has 1 saturated heterocycles. The van der Waals surface area contributed by atoms with Crippen molar-refractivity contribution >= 4 is 28.5 Å². The number of carboxylic acid groups (broad SMARTS) is 1. The summed E-state index contributed by atoms with van der Waals surface area (Å²) in [6, 6.07) is -0.305. The number of aromatic nitrogens is 2. The summed E-state index contributed by atoms with van der Waals surface area (Å²) in [5.41, 5.74) is 0. The van der Waals surface area contributed by atoms with Gasteiger partial charge in [0, 0.05) is 39.1 Å². The molecule has 2 amide bonds. The fraction of sp³-hybridized carbons (Fsp3) is 0.692. The van der Waals surface area contributed by atoms with Crippen LogP contribution in [0.25, 0.3) is 0 Å². The molecule has 1 aromatic rings. The predicted octanol–water partition coefficient (Wildman–Crippen LogP) is 1.64. The highest BCUT2D eigenvalue weighted by molar-refractivity contribution is 7.15. The molecule has 1 aliphatic heterocycles. The molecule has 0 aliphatic carbocycles. The monoisotopic (exact) mass is 381 g/mol. The van der Waals surface area contributed by atoms with Gasteiger partial charge in [-0.15, -0.1) is 10.2 Å². The van der Waals surface area contributed by atoms with Crippen LogP contribution in [-0.4, -0.2) is 64.9 Å². The van der Waals surface area contributed by atoms with Crippen LogP contribution in [0.3, 0.4) is 0 Å². The fourth-order valence-corrected chi connectivity index (χ4v) is 3.08. The summed E-state index contributed by atoms with van der Waals surface area (Å²) >= 11 is 0.489. The van der Waals surface area contributed by atoms with E-state index >= 15 is 0 Å². The first-order chi connectivity index (χ1) is 11.8. The van der Waals surface area contributed by atoms with Crippen molar-refractivity contribution in [2.75, 3.05) is 37.6 Å². The molecule has 0 radical (unpaired) electrons. The second-order valence-electron chi connectivity index (χ2n) is 5.44. The van der Waals surface area contributed by atoms with Crippen LogP contribution in [0.5, 0.6) is 0 Å². The maximum Gasteiger partial charge on any atom is 0.445 e. The molecule has 0 atom stereocenters. The number of alkyl halides is 3. The van der Waals surface area contributed by atoms with Crippen molar-refractivity contribution in [3.8, 4) is 0 Å². The van der Waals surface area contributed by atoms with Crippen LogP contribution in [-0.2, 0) is 11.0 Å². The molecule has 1 aromatic heterocycles. The Labute approximate surface area is 145 Å². The first kappa shape index (κ1) is 19.2. The number of hydrogen-bond acceptors (Lipinski definition) is 6. The number of urea groups is 1. The van der Waals surface area contributed by atoms with Gasteiger partial charge in [-0.2, -0.15) is 13.2 Å². The molecule has 0 saturated carbocycles. The number of aliphatic carboxylic acids is 1. The SMILES string of the molecule is O=C(O)CCCNC(=O)N1CCCN(c2nnc(C(F)(F)F)s2)CC1. The Hall–Kier alpha value is -2.11. The first-order valence-electron chi connectivity index (χ1n) is 7.67. The van der Waals surface area contributed by atoms with E-state index in [1.165, 1.54) is 0 Å². The van der Waals surface area contributed by atoms with E-state index in [0.29, 0.717) is 50.4 Å². The molecule has 1 aliphatic rings. The summed E-state index contributed by atoms with van der Waals surface area (Å²) in [4.78, 5) is 25.7. The van der Waals surface area contributed by atoms with Crippen molar-refractivity contribution in [2.24, 2.45) is 0 Å². The predicted molar refractivity (Wildman–Crippen MR) is 83.6 cm³/mol. The van der Waals surface area contributed by atoms with E-state index in [9.17, 15) is 22.8 Å². The topological polar surface area (TPSA) is 98.7 Å². The number of carboxylic acids is 1. The van der Waals surface area contributed by atoms with Gasteiger partial charge in [0.25, 0.3) is 0 Å². The molecule has 0 aromatic carbocycles. The van der Waals surface area contributed by atoms with Crippen LogP contribution in [0, 0.1) is 0 Å². The summed E-state index contributed by atoms with van der Waals surface area (Å²) in [5, 5.41) is 17.2. The highest BCUT2D eigenvalue weighted by atomic mass is 32.1. The molecule has 2 rings (SSSR count). The zero-order chi connectivity index (χ0) is 18.4. The van der Waals surface area contributed by atoms with E-state index in [4.69, 9.17) is 5.11 Å². The maximum atomic E-state index is 12.6. The Kier molecular flexibility index (Phi) is 6.39. The lowest BCUT2D eigenvalue weighted by Gasteiger charge is -2.21. The van der Waals surface area contributed by atoms with Gasteiger partial charge in [-0.3, -0.25) is 4.79 Å². The number of amides is 2. The summed E-state index contributed by atoms with van der Waals surface area (Å²) in [7, 11) is 0. The fourth-order valence-electron chi connectivity index (χ4n) is 2.32. The molecular formula is C13H18F3N5O3S. The molecule has 140 valence electrons. The quantitative estimate of drug-likeness (QED) is 0.753. The number of carbonyl (C=O) groups excluding carboxylic acids is 1. The second kappa shape index (κ2) is 8.32. The van der Waals surface area contributed by atoms with E-state index in [1.54, 1.807) is 9.80 Å². The van der Waals surface area contributed by atoms with Gasteiger partial charge in [-0.25, -0.2) is 4.79 Å². The standard InChI is InChI=1S/C13H18F3N5O3S/c14-13(15,16)10-18-19-12(25-10)21-6-2-5-20(7-8-21)11(24)17-4-1-3-9(22)23/h1-8H2,(H,17,24)(H,22,23). The number of anilines is 1. The van der Waals surface area contributed by atoms with Gasteiger partial charge in [-0.05, 0) is 12.8 Å². The normalized spacial score (nSPS) is 15.8. The third-order valence-electron chi connectivity index (χ3n) is 3.55. The molecule has 0 bridgehead atoms. The molecule has 12 heteroatoms. The average molecular weight is 381 g/mol. The van der Waals surface area contributed by atoms with Crippen molar-refractivity contribution < 1.29 is 27.9 Å². The van der Waals surface area contributed by atoms with Gasteiger partial charge < -0.3 is 20.2 Å². The smallest absolute Gasteiger partial charge is 0.445 e. The zero-order valence-electron chi connectivity index (χ0n) is 13.3. The molecule has 0 spiro atoms. The van der Waals surface area contributed by atoms with Crippen LogP contribution >= 0.6 is 11.3 Å². The second-order valence-corrected chi connectivity index (χ2v) is 6.40. The van der Waals surface area contributed by atoms with Crippen molar-refractivity contribution in [3.05, 3.63) is 5.01 Å². The van der Waals surface area contributed by atoms with E-state index in [-0.39, 0.29) is 24.1 Å². The van der Waals surface area contributed by atoms with Gasteiger partial charge in [0.2, 0.25) is 10.1 Å². The largest absolute Gasteiger partial charge is 0.481 e. The third-order valence-corrected chi connectivity index (χ3v) is 4.58. The summed E-state index contributed by atoms with van der Waals surface area (Å²) in [6.45, 7) is 1.90. The Morgan fingerprint density at radius 2 is 1.96 bits per heavy atom. The molecule has 2 N–H and O–H groups in total. The van der Waals surface area contributed by atoms with Crippen molar-refractivity contribution in [2.45, 2.75) is 25.4 Å². The van der Waals surface area contributed by atoms with Gasteiger partial charge in [-0.1, -0.05) is 11.3 Å². The minimum atomic E-state index is -4.51. The molecular weight excluding hydrogens is 363 g/mol. The van der Waals surface area contributed by atoms with E-state index in [1.807, 2.05) is 0 Å². The van der Waals surface area contributed by atoms with E-state index in [0.717, 1.165) is 0 Å². The highest BCUT2D eigenvalue weighted by Gasteiger charge is 2.36. The third kappa shape index (κ3) is 5.73. The van der Waals surface area contributed by atoms with Gasteiger partial charge in [0.1, 0.15) is 0 Å². The van der Waals surface area contributed by atoms with Crippen LogP contribution in [0.2, 0.25) is 0 Å². The molecule has 25 heavy (non-hydrogen) atoms. The number of rotatable bonds is 5. The first-order valence-corrected chi connectivity index (χ1v) is 8.49. The van der Waals surface area contributed by atoms with Gasteiger partial charge >= 0.3 is 18.2 Å². The maximum absolute atomic E-state index is 12.6. The molecule has 2 heterocycles. The van der Waals surface area contributed by atoms with Gasteiger partial charge in [0.15, 0.2) is 0 Å². The minimum Gasteiger partial charge on any atom is -0.481 e. The van der Waals surface area contributed by atoms with Crippen molar-refractivity contribution in [1.29, 1.82) is 0 Å². The lowest BCUT2D eigenvalue weighted by Crippen LogP contribution is -2.42. The Morgan fingerprint density at radius 1 is 1.20 bits per heavy atom. The molecule has 0 unspecified atom stereocenters. The van der Waals surface area contributed by atoms with Crippen molar-refractivity contribution in [3.63, 3.8) is 0 Å². The summed E-state index contributed by atoms with van der Waals surface area (Å²) < 4.78 is 37.8. The van der Waals surface area contributed by atoms with Crippen LogP contribution in [0.4, 0.5) is 23.1 Å². The lowest BCUT2D eigenvalue weighted by molar-refractivity contribution is -0.138. The Morgan fingerprint density at radius 3 is 2.60 bits per heavy atom. The van der Waals surface area contributed by atoms with E-state index in [2.05, 4.69) is 15.5 Å². The number of carbonyl (C=O) groups is 2. The van der Waals surface area contributed by atoms with Gasteiger partial charge in [0.05, 0.1) is 0 Å². The summed E-state index contributed by atoms with van der Waals surface area (Å²) in [5.74, 6) is -0.921. The van der Waals surface area contributed by atoms with Crippen molar-refractivity contribution in [1.82, 2.24) is 20.4 Å². The minimum absolute atomic E-state index is 0.0212. The van der Waals surface area contributed by atoms with Crippen LogP contribution in [0.15, 0.2) is 0 Å². The number of halogens is 3. The Bertz CT molecular complexity index is 610. The summed E-state index contributed by atoms with van der Waals surface area (Å²) in [6.07, 6.45) is -3.61. The molecule has 8 nitrogen and oxygen atoms in total. The number of nitrogens with one attached hydrogen (secondary N) is 1. The molecule has 1 fully saturated rings. The Balaban J connectivity index is 1.84. The number of nitrogens with zero attached hydrogens (tertiary/aromatic N) is 4. The van der Waals surface area contributed by atoms with Crippen LogP contribution in [0.1, 0.15) is 24.3 Å². The lowest BCUT2D eigenvalue weighted by atomic mass is 10.3. The average Bonchev–Trinajstić information content (AvgIpc) is 2.90.